The van der Waals surface area contributed by atoms with E-state index in [0.29, 0.717) is 23.2 Å². The molecule has 0 saturated carbocycles. The van der Waals surface area contributed by atoms with Crippen molar-refractivity contribution in [1.82, 2.24) is 0 Å². The molecule has 1 aliphatic heterocycles. The normalized spacial score (nSPS) is 21.6. The second-order valence-corrected chi connectivity index (χ2v) is 13.1. The summed E-state index contributed by atoms with van der Waals surface area (Å²) >= 11 is 0. The van der Waals surface area contributed by atoms with Gasteiger partial charge in [0.15, 0.2) is 14.6 Å². The molecule has 1 aromatic rings. The summed E-state index contributed by atoms with van der Waals surface area (Å²) in [6.07, 6.45) is 0.524. The van der Waals surface area contributed by atoms with E-state index in [4.69, 9.17) is 13.9 Å². The Morgan fingerprint density at radius 2 is 1.60 bits per heavy atom. The summed E-state index contributed by atoms with van der Waals surface area (Å²) in [5.41, 5.74) is 2.82. The molecule has 3 nitrogen and oxygen atoms in total. The molecule has 0 amide bonds. The van der Waals surface area contributed by atoms with E-state index in [0.717, 1.165) is 12.0 Å². The van der Waals surface area contributed by atoms with Gasteiger partial charge < -0.3 is 13.9 Å². The Hall–Kier alpha value is -0.164. The standard InChI is InChI=1S/C20H33O3Si.Cu/c1-15(2)24(16(3)4,17(5)6)22-14-19-12-13-21-20(23-19)18-10-8-7-9-11-18;/h7-11,13,15-17,19-20H,12,14H2,1-6H3;/q-1;+1/t19-,20-;/m0./s1. The largest absolute Gasteiger partial charge is 1.00 e. The molecule has 0 bridgehead atoms. The van der Waals surface area contributed by atoms with Crippen molar-refractivity contribution in [2.75, 3.05) is 6.61 Å². The van der Waals surface area contributed by atoms with E-state index >= 15 is 0 Å². The zero-order chi connectivity index (χ0) is 17.7. The van der Waals surface area contributed by atoms with Gasteiger partial charge in [0.25, 0.3) is 0 Å². The molecule has 0 N–H and O–H groups in total. The van der Waals surface area contributed by atoms with Crippen molar-refractivity contribution < 1.29 is 31.0 Å². The average molecular weight is 413 g/mol. The van der Waals surface area contributed by atoms with Crippen LogP contribution >= 0.6 is 0 Å². The maximum atomic E-state index is 6.68. The Labute approximate surface area is 165 Å². The minimum Gasteiger partial charge on any atom is -0.526 e. The van der Waals surface area contributed by atoms with Crippen molar-refractivity contribution >= 4 is 8.32 Å². The van der Waals surface area contributed by atoms with Crippen molar-refractivity contribution in [3.8, 4) is 0 Å². The first-order chi connectivity index (χ1) is 11.4. The van der Waals surface area contributed by atoms with Crippen LogP contribution in [0.25, 0.3) is 0 Å². The summed E-state index contributed by atoms with van der Waals surface area (Å²) in [6.45, 7) is 16.4. The van der Waals surface area contributed by atoms with Crippen LogP contribution in [0, 0.1) is 6.61 Å². The molecule has 0 spiro atoms. The van der Waals surface area contributed by atoms with Crippen LogP contribution in [0.5, 0.6) is 0 Å². The van der Waals surface area contributed by atoms with Crippen LogP contribution < -0.4 is 0 Å². The maximum Gasteiger partial charge on any atom is 1.00 e. The van der Waals surface area contributed by atoms with Gasteiger partial charge in [-0.25, -0.2) is 6.61 Å². The van der Waals surface area contributed by atoms with Gasteiger partial charge in [-0.3, -0.25) is 0 Å². The predicted octanol–water partition coefficient (Wildman–Crippen LogP) is 5.84. The maximum absolute atomic E-state index is 6.68. The summed E-state index contributed by atoms with van der Waals surface area (Å²) in [5.74, 6) is 0. The molecule has 1 saturated heterocycles. The first-order valence-electron chi connectivity index (χ1n) is 9.19. The van der Waals surface area contributed by atoms with Gasteiger partial charge in [0, 0.05) is 5.56 Å². The van der Waals surface area contributed by atoms with E-state index < -0.39 is 8.32 Å². The Morgan fingerprint density at radius 1 is 1.04 bits per heavy atom. The first kappa shape index (κ1) is 22.9. The SMILES string of the molecule is CC(C)[Si](OC[C@@H]1C[CH-]O[C@H](c2ccccc2)O1)(C(C)C)C(C)C.[Cu+]. The van der Waals surface area contributed by atoms with Crippen molar-refractivity contribution in [3.05, 3.63) is 42.5 Å². The number of benzene rings is 1. The molecule has 0 radical (unpaired) electrons. The fraction of sp³-hybridized carbons (Fsp3) is 0.650. The molecule has 146 valence electrons. The Bertz CT molecular complexity index is 471. The fourth-order valence-corrected chi connectivity index (χ4v) is 9.60. The van der Waals surface area contributed by atoms with E-state index in [1.807, 2.05) is 36.9 Å². The smallest absolute Gasteiger partial charge is 0.526 e. The average Bonchev–Trinajstić information content (AvgIpc) is 2.55. The van der Waals surface area contributed by atoms with E-state index in [1.54, 1.807) is 0 Å². The molecule has 1 aliphatic rings. The van der Waals surface area contributed by atoms with Gasteiger partial charge in [0.1, 0.15) is 0 Å². The number of hydrogen-bond acceptors (Lipinski definition) is 3. The van der Waals surface area contributed by atoms with Crippen molar-refractivity contribution in [2.24, 2.45) is 0 Å². The number of rotatable bonds is 7. The predicted molar refractivity (Wildman–Crippen MR) is 101 cm³/mol. The van der Waals surface area contributed by atoms with Gasteiger partial charge in [-0.05, 0) is 16.6 Å². The molecule has 1 fully saturated rings. The van der Waals surface area contributed by atoms with Crippen LogP contribution in [-0.4, -0.2) is 21.0 Å². The Kier molecular flexibility index (Phi) is 9.37. The van der Waals surface area contributed by atoms with E-state index in [-0.39, 0.29) is 29.5 Å². The fourth-order valence-electron chi connectivity index (χ4n) is 4.12. The molecule has 1 heterocycles. The van der Waals surface area contributed by atoms with Gasteiger partial charge in [-0.15, -0.1) is 6.42 Å². The van der Waals surface area contributed by atoms with Gasteiger partial charge in [0.05, 0.1) is 12.7 Å². The molecule has 1 aromatic carbocycles. The Balaban J connectivity index is 0.00000312. The molecular formula is C20H33CuO3Si. The summed E-state index contributed by atoms with van der Waals surface area (Å²) in [7, 11) is -1.85. The summed E-state index contributed by atoms with van der Waals surface area (Å²) in [5, 5.41) is 0. The van der Waals surface area contributed by atoms with E-state index in [9.17, 15) is 0 Å². The molecule has 0 unspecified atom stereocenters. The zero-order valence-corrected chi connectivity index (χ0v) is 18.2. The van der Waals surface area contributed by atoms with Crippen LogP contribution in [0.2, 0.25) is 16.6 Å². The van der Waals surface area contributed by atoms with Gasteiger partial charge >= 0.3 is 17.1 Å². The molecule has 2 atom stereocenters. The first-order valence-corrected chi connectivity index (χ1v) is 11.3. The minimum absolute atomic E-state index is 0. The van der Waals surface area contributed by atoms with Crippen LogP contribution in [-0.2, 0) is 31.0 Å². The zero-order valence-electron chi connectivity index (χ0n) is 16.3. The van der Waals surface area contributed by atoms with Crippen molar-refractivity contribution in [2.45, 2.75) is 77.0 Å². The molecule has 0 aromatic heterocycles. The number of ether oxygens (including phenoxy) is 2. The quantitative estimate of drug-likeness (QED) is 0.415. The second-order valence-electron chi connectivity index (χ2n) is 7.67. The summed E-state index contributed by atoms with van der Waals surface area (Å²) in [6, 6.07) is 10.1. The van der Waals surface area contributed by atoms with Crippen LogP contribution in [0.3, 0.4) is 0 Å². The third-order valence-corrected chi connectivity index (χ3v) is 11.3. The van der Waals surface area contributed by atoms with Crippen molar-refractivity contribution in [1.29, 1.82) is 0 Å². The van der Waals surface area contributed by atoms with Crippen molar-refractivity contribution in [3.63, 3.8) is 0 Å². The van der Waals surface area contributed by atoms with Gasteiger partial charge in [-0.2, -0.15) is 0 Å². The summed E-state index contributed by atoms with van der Waals surface area (Å²) in [4.78, 5) is 0. The second kappa shape index (κ2) is 10.2. The third kappa shape index (κ3) is 5.41. The van der Waals surface area contributed by atoms with E-state index in [2.05, 4.69) is 41.5 Å². The molecule has 2 rings (SSSR count). The topological polar surface area (TPSA) is 27.7 Å². The monoisotopic (exact) mass is 412 g/mol. The molecule has 25 heavy (non-hydrogen) atoms. The Morgan fingerprint density at radius 3 is 2.12 bits per heavy atom. The van der Waals surface area contributed by atoms with Crippen LogP contribution in [0.4, 0.5) is 0 Å². The van der Waals surface area contributed by atoms with Crippen LogP contribution in [0.15, 0.2) is 30.3 Å². The van der Waals surface area contributed by atoms with Crippen LogP contribution in [0.1, 0.15) is 59.8 Å². The summed E-state index contributed by atoms with van der Waals surface area (Å²) < 4.78 is 18.5. The minimum atomic E-state index is -1.85. The third-order valence-electron chi connectivity index (χ3n) is 5.19. The van der Waals surface area contributed by atoms with Gasteiger partial charge in [0.2, 0.25) is 0 Å². The molecule has 0 aliphatic carbocycles. The van der Waals surface area contributed by atoms with Gasteiger partial charge in [-0.1, -0.05) is 71.9 Å². The number of hydrogen-bond donors (Lipinski definition) is 0. The van der Waals surface area contributed by atoms with E-state index in [1.165, 1.54) is 0 Å². The molecular weight excluding hydrogens is 380 g/mol. The molecule has 5 heteroatoms.